The molecule has 4 nitrogen and oxygen atoms in total. The molecule has 2 aromatic carbocycles. The van der Waals surface area contributed by atoms with Gasteiger partial charge in [-0.25, -0.2) is 4.39 Å². The lowest BCUT2D eigenvalue weighted by molar-refractivity contribution is -0.116. The highest BCUT2D eigenvalue weighted by Gasteiger charge is 2.07. The molecule has 3 N–H and O–H groups in total. The van der Waals surface area contributed by atoms with Crippen LogP contribution < -0.4 is 11.1 Å². The van der Waals surface area contributed by atoms with Crippen LogP contribution in [-0.4, -0.2) is 10.5 Å². The first-order valence-corrected chi connectivity index (χ1v) is 6.51. The SMILES string of the molecule is Nc1ccc2c(ccn2CC(=O)Nc2cccc(F)c2)c1. The van der Waals surface area contributed by atoms with Gasteiger partial charge in [0.1, 0.15) is 12.4 Å². The smallest absolute Gasteiger partial charge is 0.244 e. The molecule has 0 atom stereocenters. The molecule has 1 aromatic heterocycles. The Kier molecular flexibility index (Phi) is 3.31. The number of carbonyl (C=O) groups is 1. The van der Waals surface area contributed by atoms with Crippen molar-refractivity contribution < 1.29 is 9.18 Å². The van der Waals surface area contributed by atoms with E-state index in [9.17, 15) is 9.18 Å². The van der Waals surface area contributed by atoms with E-state index >= 15 is 0 Å². The van der Waals surface area contributed by atoms with Gasteiger partial charge in [0.25, 0.3) is 0 Å². The molecule has 0 spiro atoms. The number of halogens is 1. The Morgan fingerprint density at radius 3 is 2.86 bits per heavy atom. The van der Waals surface area contributed by atoms with Crippen LogP contribution in [0.1, 0.15) is 0 Å². The summed E-state index contributed by atoms with van der Waals surface area (Å²) in [4.78, 5) is 12.0. The minimum absolute atomic E-state index is 0.157. The topological polar surface area (TPSA) is 60.0 Å². The number of nitrogens with two attached hydrogens (primary N) is 1. The van der Waals surface area contributed by atoms with E-state index in [2.05, 4.69) is 5.32 Å². The fraction of sp³-hybridized carbons (Fsp3) is 0.0625. The summed E-state index contributed by atoms with van der Waals surface area (Å²) in [6, 6.07) is 13.3. The molecule has 1 heterocycles. The van der Waals surface area contributed by atoms with E-state index in [-0.39, 0.29) is 18.3 Å². The molecule has 5 heteroatoms. The van der Waals surface area contributed by atoms with Gasteiger partial charge in [0, 0.05) is 28.5 Å². The van der Waals surface area contributed by atoms with Crippen molar-refractivity contribution in [2.24, 2.45) is 0 Å². The van der Waals surface area contributed by atoms with Crippen LogP contribution in [0.4, 0.5) is 15.8 Å². The van der Waals surface area contributed by atoms with Gasteiger partial charge in [0.15, 0.2) is 0 Å². The van der Waals surface area contributed by atoms with Crippen LogP contribution in [0.3, 0.4) is 0 Å². The first kappa shape index (κ1) is 13.2. The quantitative estimate of drug-likeness (QED) is 0.726. The summed E-state index contributed by atoms with van der Waals surface area (Å²) in [5.41, 5.74) is 7.79. The van der Waals surface area contributed by atoms with Crippen LogP contribution in [-0.2, 0) is 11.3 Å². The maximum atomic E-state index is 13.1. The Bertz CT molecular complexity index is 810. The third-order valence-electron chi connectivity index (χ3n) is 3.22. The number of hydrogen-bond donors (Lipinski definition) is 2. The summed E-state index contributed by atoms with van der Waals surface area (Å²) in [6.45, 7) is 0.157. The number of fused-ring (bicyclic) bond motifs is 1. The van der Waals surface area contributed by atoms with Crippen molar-refractivity contribution in [1.29, 1.82) is 0 Å². The largest absolute Gasteiger partial charge is 0.399 e. The molecule has 0 fully saturated rings. The molecular weight excluding hydrogens is 269 g/mol. The number of nitrogens with one attached hydrogen (secondary N) is 1. The first-order valence-electron chi connectivity index (χ1n) is 6.51. The van der Waals surface area contributed by atoms with E-state index < -0.39 is 0 Å². The maximum absolute atomic E-state index is 13.1. The molecule has 0 radical (unpaired) electrons. The standard InChI is InChI=1S/C16H14FN3O/c17-12-2-1-3-14(9-12)19-16(21)10-20-7-6-11-8-13(18)4-5-15(11)20/h1-9H,10,18H2,(H,19,21). The second kappa shape index (κ2) is 5.28. The molecule has 0 aliphatic heterocycles. The number of nitrogens with zero attached hydrogens (tertiary/aromatic N) is 1. The number of rotatable bonds is 3. The zero-order valence-electron chi connectivity index (χ0n) is 11.2. The summed E-state index contributed by atoms with van der Waals surface area (Å²) in [7, 11) is 0. The van der Waals surface area contributed by atoms with Gasteiger partial charge in [0.2, 0.25) is 5.91 Å². The number of anilines is 2. The molecule has 0 aliphatic carbocycles. The lowest BCUT2D eigenvalue weighted by Crippen LogP contribution is -2.18. The number of nitrogen functional groups attached to an aromatic ring is 1. The number of aromatic nitrogens is 1. The van der Waals surface area contributed by atoms with Gasteiger partial charge in [-0.05, 0) is 42.5 Å². The fourth-order valence-electron chi connectivity index (χ4n) is 2.28. The van der Waals surface area contributed by atoms with Gasteiger partial charge in [-0.3, -0.25) is 4.79 Å². The zero-order chi connectivity index (χ0) is 14.8. The van der Waals surface area contributed by atoms with Crippen LogP contribution in [0, 0.1) is 5.82 Å². The Balaban J connectivity index is 1.77. The van der Waals surface area contributed by atoms with Crippen LogP contribution in [0.25, 0.3) is 10.9 Å². The third kappa shape index (κ3) is 2.86. The summed E-state index contributed by atoms with van der Waals surface area (Å²) in [5.74, 6) is -0.593. The second-order valence-corrected chi connectivity index (χ2v) is 4.82. The summed E-state index contributed by atoms with van der Waals surface area (Å²) in [5, 5.41) is 3.65. The van der Waals surface area contributed by atoms with Gasteiger partial charge in [-0.1, -0.05) is 6.07 Å². The first-order chi connectivity index (χ1) is 10.1. The molecule has 3 rings (SSSR count). The molecule has 0 bridgehead atoms. The molecule has 21 heavy (non-hydrogen) atoms. The molecular formula is C16H14FN3O. The molecule has 0 saturated heterocycles. The molecule has 0 aliphatic rings. The molecule has 0 saturated carbocycles. The van der Waals surface area contributed by atoms with Crippen LogP contribution >= 0.6 is 0 Å². The minimum Gasteiger partial charge on any atom is -0.399 e. The molecule has 1 amide bonds. The summed E-state index contributed by atoms with van der Waals surface area (Å²) in [6.07, 6.45) is 1.83. The van der Waals surface area contributed by atoms with Gasteiger partial charge in [-0.2, -0.15) is 0 Å². The van der Waals surface area contributed by atoms with Crippen molar-refractivity contribution in [1.82, 2.24) is 4.57 Å². The average Bonchev–Trinajstić information content (AvgIpc) is 2.81. The van der Waals surface area contributed by atoms with Crippen molar-refractivity contribution in [3.8, 4) is 0 Å². The lowest BCUT2D eigenvalue weighted by atomic mass is 10.2. The van der Waals surface area contributed by atoms with Crippen molar-refractivity contribution in [2.75, 3.05) is 11.1 Å². The van der Waals surface area contributed by atoms with E-state index in [1.165, 1.54) is 12.1 Å². The Morgan fingerprint density at radius 2 is 2.05 bits per heavy atom. The van der Waals surface area contributed by atoms with Gasteiger partial charge in [0.05, 0.1) is 0 Å². The van der Waals surface area contributed by atoms with Gasteiger partial charge < -0.3 is 15.6 Å². The van der Waals surface area contributed by atoms with E-state index in [1.807, 2.05) is 29.0 Å². The van der Waals surface area contributed by atoms with Crippen molar-refractivity contribution >= 4 is 28.2 Å². The zero-order valence-corrected chi connectivity index (χ0v) is 11.2. The van der Waals surface area contributed by atoms with Crippen molar-refractivity contribution in [3.63, 3.8) is 0 Å². The predicted molar refractivity (Wildman–Crippen MR) is 81.4 cm³/mol. The second-order valence-electron chi connectivity index (χ2n) is 4.82. The number of benzene rings is 2. The monoisotopic (exact) mass is 283 g/mol. The summed E-state index contributed by atoms with van der Waals surface area (Å²) >= 11 is 0. The molecule has 3 aromatic rings. The number of carbonyl (C=O) groups excluding carboxylic acids is 1. The molecule has 106 valence electrons. The van der Waals surface area contributed by atoms with Gasteiger partial charge in [-0.15, -0.1) is 0 Å². The summed E-state index contributed by atoms with van der Waals surface area (Å²) < 4.78 is 14.9. The number of amides is 1. The van der Waals surface area contributed by atoms with Crippen LogP contribution in [0.2, 0.25) is 0 Å². The van der Waals surface area contributed by atoms with Crippen molar-refractivity contribution in [3.05, 3.63) is 60.5 Å². The van der Waals surface area contributed by atoms with E-state index in [0.29, 0.717) is 11.4 Å². The minimum atomic E-state index is -0.380. The Labute approximate surface area is 121 Å². The predicted octanol–water partition coefficient (Wildman–Crippen LogP) is 3.00. The van der Waals surface area contributed by atoms with Crippen molar-refractivity contribution in [2.45, 2.75) is 6.54 Å². The van der Waals surface area contributed by atoms with E-state index in [1.54, 1.807) is 18.2 Å². The van der Waals surface area contributed by atoms with E-state index in [0.717, 1.165) is 10.9 Å². The molecule has 0 unspecified atom stereocenters. The average molecular weight is 283 g/mol. The van der Waals surface area contributed by atoms with Gasteiger partial charge >= 0.3 is 0 Å². The highest BCUT2D eigenvalue weighted by molar-refractivity contribution is 5.92. The number of hydrogen-bond acceptors (Lipinski definition) is 2. The maximum Gasteiger partial charge on any atom is 0.244 e. The highest BCUT2D eigenvalue weighted by Crippen LogP contribution is 2.19. The lowest BCUT2D eigenvalue weighted by Gasteiger charge is -2.07. The Morgan fingerprint density at radius 1 is 1.19 bits per heavy atom. The Hall–Kier alpha value is -2.82. The highest BCUT2D eigenvalue weighted by atomic mass is 19.1. The fourth-order valence-corrected chi connectivity index (χ4v) is 2.28. The van der Waals surface area contributed by atoms with Crippen LogP contribution in [0.5, 0.6) is 0 Å². The third-order valence-corrected chi connectivity index (χ3v) is 3.22. The van der Waals surface area contributed by atoms with E-state index in [4.69, 9.17) is 5.73 Å². The normalized spacial score (nSPS) is 10.7. The van der Waals surface area contributed by atoms with Crippen LogP contribution in [0.15, 0.2) is 54.7 Å².